The van der Waals surface area contributed by atoms with Gasteiger partial charge >= 0.3 is 0 Å². The lowest BCUT2D eigenvalue weighted by Crippen LogP contribution is -2.38. The van der Waals surface area contributed by atoms with Crippen LogP contribution in [0.3, 0.4) is 0 Å². The van der Waals surface area contributed by atoms with E-state index in [4.69, 9.17) is 14.2 Å². The molecule has 1 saturated heterocycles. The van der Waals surface area contributed by atoms with Crippen molar-refractivity contribution in [1.82, 2.24) is 10.6 Å². The first-order valence-corrected chi connectivity index (χ1v) is 9.04. The van der Waals surface area contributed by atoms with Crippen molar-refractivity contribution in [2.45, 2.75) is 39.0 Å². The van der Waals surface area contributed by atoms with Gasteiger partial charge in [0.1, 0.15) is 0 Å². The standard InChI is InChI=1S/C17H35N3O3/c1-3-4-10-21-11-5-8-19-17(18-2)20-9-6-12-22-14-16-7-13-23-15-16/h16H,3-15H2,1-2H3,(H2,18,19,20). The lowest BCUT2D eigenvalue weighted by molar-refractivity contribution is 0.0888. The van der Waals surface area contributed by atoms with Crippen LogP contribution in [0.4, 0.5) is 0 Å². The van der Waals surface area contributed by atoms with Gasteiger partial charge in [-0.05, 0) is 25.7 Å². The SMILES string of the molecule is CCCCOCCCNC(=NC)NCCCOCC1CCOC1. The van der Waals surface area contributed by atoms with Gasteiger partial charge in [-0.2, -0.15) is 0 Å². The van der Waals surface area contributed by atoms with Crippen molar-refractivity contribution in [1.29, 1.82) is 0 Å². The fourth-order valence-electron chi connectivity index (χ4n) is 2.30. The Labute approximate surface area is 141 Å². The summed E-state index contributed by atoms with van der Waals surface area (Å²) in [7, 11) is 1.80. The van der Waals surface area contributed by atoms with Crippen LogP contribution in [0.25, 0.3) is 0 Å². The lowest BCUT2D eigenvalue weighted by atomic mass is 10.1. The van der Waals surface area contributed by atoms with Gasteiger partial charge in [0.2, 0.25) is 0 Å². The fraction of sp³-hybridized carbons (Fsp3) is 0.941. The van der Waals surface area contributed by atoms with E-state index < -0.39 is 0 Å². The molecule has 1 unspecified atom stereocenters. The van der Waals surface area contributed by atoms with Gasteiger partial charge in [0, 0.05) is 52.5 Å². The molecule has 1 atom stereocenters. The topological polar surface area (TPSA) is 64.1 Å². The zero-order valence-electron chi connectivity index (χ0n) is 14.9. The Morgan fingerprint density at radius 2 is 1.78 bits per heavy atom. The molecule has 0 saturated carbocycles. The third kappa shape index (κ3) is 11.3. The third-order valence-electron chi connectivity index (χ3n) is 3.76. The van der Waals surface area contributed by atoms with Crippen molar-refractivity contribution >= 4 is 5.96 Å². The number of rotatable bonds is 13. The van der Waals surface area contributed by atoms with Crippen LogP contribution in [-0.2, 0) is 14.2 Å². The first kappa shape index (κ1) is 20.2. The molecule has 0 aromatic heterocycles. The van der Waals surface area contributed by atoms with Gasteiger partial charge < -0.3 is 24.8 Å². The second-order valence-electron chi connectivity index (χ2n) is 5.90. The van der Waals surface area contributed by atoms with E-state index in [0.717, 1.165) is 84.4 Å². The van der Waals surface area contributed by atoms with E-state index in [2.05, 4.69) is 22.5 Å². The largest absolute Gasteiger partial charge is 0.381 e. The predicted molar refractivity (Wildman–Crippen MR) is 94.1 cm³/mol. The molecule has 6 heteroatoms. The van der Waals surface area contributed by atoms with Gasteiger partial charge in [0.25, 0.3) is 0 Å². The summed E-state index contributed by atoms with van der Waals surface area (Å²) in [4.78, 5) is 4.21. The van der Waals surface area contributed by atoms with E-state index in [1.54, 1.807) is 7.05 Å². The number of nitrogens with one attached hydrogen (secondary N) is 2. The van der Waals surface area contributed by atoms with Crippen LogP contribution in [0.1, 0.15) is 39.0 Å². The normalized spacial score (nSPS) is 18.3. The van der Waals surface area contributed by atoms with E-state index in [1.807, 2.05) is 0 Å². The monoisotopic (exact) mass is 329 g/mol. The molecule has 23 heavy (non-hydrogen) atoms. The number of ether oxygens (including phenoxy) is 3. The minimum Gasteiger partial charge on any atom is -0.381 e. The van der Waals surface area contributed by atoms with Crippen LogP contribution >= 0.6 is 0 Å². The molecule has 136 valence electrons. The van der Waals surface area contributed by atoms with Crippen molar-refractivity contribution in [3.63, 3.8) is 0 Å². The Hall–Kier alpha value is -0.850. The molecule has 1 aliphatic rings. The maximum atomic E-state index is 5.68. The molecule has 0 amide bonds. The van der Waals surface area contributed by atoms with Crippen LogP contribution < -0.4 is 10.6 Å². The molecule has 0 aromatic carbocycles. The summed E-state index contributed by atoms with van der Waals surface area (Å²) in [6.45, 7) is 8.96. The van der Waals surface area contributed by atoms with Crippen molar-refractivity contribution in [2.24, 2.45) is 10.9 Å². The van der Waals surface area contributed by atoms with Gasteiger partial charge in [-0.25, -0.2) is 0 Å². The number of nitrogens with zero attached hydrogens (tertiary/aromatic N) is 1. The molecule has 6 nitrogen and oxygen atoms in total. The zero-order chi connectivity index (χ0) is 16.6. The molecule has 1 fully saturated rings. The predicted octanol–water partition coefficient (Wildman–Crippen LogP) is 1.80. The zero-order valence-corrected chi connectivity index (χ0v) is 14.9. The molecule has 0 aromatic rings. The van der Waals surface area contributed by atoms with Gasteiger partial charge in [-0.15, -0.1) is 0 Å². The first-order valence-electron chi connectivity index (χ1n) is 9.04. The average Bonchev–Trinajstić information content (AvgIpc) is 3.08. The van der Waals surface area contributed by atoms with Crippen molar-refractivity contribution in [3.05, 3.63) is 0 Å². The molecular formula is C17H35N3O3. The van der Waals surface area contributed by atoms with E-state index in [-0.39, 0.29) is 0 Å². The molecular weight excluding hydrogens is 294 g/mol. The highest BCUT2D eigenvalue weighted by Crippen LogP contribution is 2.12. The van der Waals surface area contributed by atoms with Crippen LogP contribution in [-0.4, -0.2) is 65.7 Å². The maximum absolute atomic E-state index is 5.68. The van der Waals surface area contributed by atoms with Gasteiger partial charge in [-0.1, -0.05) is 13.3 Å². The molecule has 1 rings (SSSR count). The summed E-state index contributed by atoms with van der Waals surface area (Å²) in [5.74, 6) is 1.44. The fourth-order valence-corrected chi connectivity index (χ4v) is 2.30. The quantitative estimate of drug-likeness (QED) is 0.306. The number of unbranched alkanes of at least 4 members (excludes halogenated alkanes) is 1. The Bertz CT molecular complexity index is 295. The van der Waals surface area contributed by atoms with Crippen LogP contribution in [0, 0.1) is 5.92 Å². The number of aliphatic imine (C=N–C) groups is 1. The summed E-state index contributed by atoms with van der Waals surface area (Å²) in [6, 6.07) is 0. The number of hydrogen-bond donors (Lipinski definition) is 2. The highest BCUT2D eigenvalue weighted by Gasteiger charge is 2.15. The Kier molecular flexibility index (Phi) is 12.9. The minimum atomic E-state index is 0.594. The minimum absolute atomic E-state index is 0.594. The highest BCUT2D eigenvalue weighted by atomic mass is 16.5. The Morgan fingerprint density at radius 3 is 2.39 bits per heavy atom. The summed E-state index contributed by atoms with van der Waals surface area (Å²) in [5.41, 5.74) is 0. The molecule has 1 heterocycles. The van der Waals surface area contributed by atoms with Gasteiger partial charge in [0.15, 0.2) is 5.96 Å². The molecule has 0 aliphatic carbocycles. The Morgan fingerprint density at radius 1 is 1.09 bits per heavy atom. The van der Waals surface area contributed by atoms with Crippen molar-refractivity contribution in [2.75, 3.05) is 59.8 Å². The molecule has 2 N–H and O–H groups in total. The summed E-state index contributed by atoms with van der Waals surface area (Å²) in [6.07, 6.45) is 5.45. The molecule has 1 aliphatic heterocycles. The Balaban J connectivity index is 1.87. The highest BCUT2D eigenvalue weighted by molar-refractivity contribution is 5.79. The van der Waals surface area contributed by atoms with E-state index in [1.165, 1.54) is 6.42 Å². The van der Waals surface area contributed by atoms with E-state index in [9.17, 15) is 0 Å². The van der Waals surface area contributed by atoms with Crippen LogP contribution in [0.5, 0.6) is 0 Å². The summed E-state index contributed by atoms with van der Waals surface area (Å²) >= 11 is 0. The second kappa shape index (κ2) is 14.7. The summed E-state index contributed by atoms with van der Waals surface area (Å²) in [5, 5.41) is 6.60. The second-order valence-corrected chi connectivity index (χ2v) is 5.90. The smallest absolute Gasteiger partial charge is 0.190 e. The first-order chi connectivity index (χ1) is 11.4. The van der Waals surface area contributed by atoms with E-state index in [0.29, 0.717) is 5.92 Å². The maximum Gasteiger partial charge on any atom is 0.190 e. The summed E-state index contributed by atoms with van der Waals surface area (Å²) < 4.78 is 16.5. The van der Waals surface area contributed by atoms with Crippen molar-refractivity contribution in [3.8, 4) is 0 Å². The van der Waals surface area contributed by atoms with Crippen molar-refractivity contribution < 1.29 is 14.2 Å². The molecule has 0 radical (unpaired) electrons. The van der Waals surface area contributed by atoms with Gasteiger partial charge in [0.05, 0.1) is 13.2 Å². The molecule has 0 spiro atoms. The number of hydrogen-bond acceptors (Lipinski definition) is 4. The van der Waals surface area contributed by atoms with Crippen LogP contribution in [0.15, 0.2) is 4.99 Å². The van der Waals surface area contributed by atoms with E-state index >= 15 is 0 Å². The average molecular weight is 329 g/mol. The molecule has 0 bridgehead atoms. The van der Waals surface area contributed by atoms with Crippen LogP contribution in [0.2, 0.25) is 0 Å². The lowest BCUT2D eigenvalue weighted by Gasteiger charge is -2.12. The third-order valence-corrected chi connectivity index (χ3v) is 3.76. The van der Waals surface area contributed by atoms with Gasteiger partial charge in [-0.3, -0.25) is 4.99 Å². The number of guanidine groups is 1.